The highest BCUT2D eigenvalue weighted by molar-refractivity contribution is 6.37. The molecule has 9 aromatic carbocycles. The summed E-state index contributed by atoms with van der Waals surface area (Å²) < 4.78 is 2.31. The second kappa shape index (κ2) is 8.40. The zero-order valence-electron chi connectivity index (χ0n) is 23.3. The predicted octanol–water partition coefficient (Wildman–Crippen LogP) is 11.0. The minimum atomic E-state index is 0.958. The van der Waals surface area contributed by atoms with E-state index in [0.717, 1.165) is 28.1 Å². The molecule has 0 saturated carbocycles. The molecule has 0 atom stereocenters. The molecule has 2 nitrogen and oxygen atoms in total. The summed E-state index contributed by atoms with van der Waals surface area (Å²) in [5.41, 5.74) is 4.34. The van der Waals surface area contributed by atoms with Gasteiger partial charge in [-0.05, 0) is 95.0 Å². The van der Waals surface area contributed by atoms with Crippen molar-refractivity contribution in [3.63, 3.8) is 0 Å². The third kappa shape index (κ3) is 3.05. The largest absolute Gasteiger partial charge is 0.292 e. The second-order valence-electron chi connectivity index (χ2n) is 11.5. The van der Waals surface area contributed by atoms with E-state index in [0.29, 0.717) is 0 Å². The van der Waals surface area contributed by atoms with Gasteiger partial charge in [-0.1, -0.05) is 115 Å². The Hall–Kier alpha value is -5.73. The van der Waals surface area contributed by atoms with Crippen molar-refractivity contribution in [2.75, 3.05) is 0 Å². The van der Waals surface area contributed by atoms with Crippen LogP contribution in [-0.2, 0) is 0 Å². The first kappa shape index (κ1) is 22.9. The van der Waals surface area contributed by atoms with E-state index < -0.39 is 0 Å². The SMILES string of the molecule is c1ccc(-n2c(-c3cc4cccc5c6cccc7ccc8cccc(c9cccc3c9c45)c8c76)nc3ccccc32)cc1. The summed E-state index contributed by atoms with van der Waals surface area (Å²) in [5.74, 6) is 0.958. The van der Waals surface area contributed by atoms with Gasteiger partial charge < -0.3 is 0 Å². The molecule has 0 aliphatic rings. The van der Waals surface area contributed by atoms with Crippen LogP contribution in [0.3, 0.4) is 0 Å². The summed E-state index contributed by atoms with van der Waals surface area (Å²) in [7, 11) is 0. The van der Waals surface area contributed by atoms with E-state index in [9.17, 15) is 0 Å². The molecule has 0 aliphatic carbocycles. The number of rotatable bonds is 2. The highest BCUT2D eigenvalue weighted by Gasteiger charge is 2.21. The molecule has 0 bridgehead atoms. The number of fused-ring (bicyclic) bond motifs is 3. The average Bonchev–Trinajstić information content (AvgIpc) is 3.46. The first-order chi connectivity index (χ1) is 21.3. The Bertz CT molecular complexity index is 2710. The van der Waals surface area contributed by atoms with Crippen LogP contribution in [0.5, 0.6) is 0 Å². The van der Waals surface area contributed by atoms with Crippen molar-refractivity contribution in [1.29, 1.82) is 0 Å². The number of hydrogen-bond donors (Lipinski definition) is 0. The topological polar surface area (TPSA) is 17.8 Å². The van der Waals surface area contributed by atoms with Gasteiger partial charge >= 0.3 is 0 Å². The summed E-state index contributed by atoms with van der Waals surface area (Å²) in [5, 5.41) is 15.4. The first-order valence-electron chi connectivity index (χ1n) is 14.8. The molecular weight excluding hydrogens is 520 g/mol. The smallest absolute Gasteiger partial charge is 0.146 e. The third-order valence-corrected chi connectivity index (χ3v) is 9.28. The molecule has 0 amide bonds. The molecule has 0 saturated heterocycles. The Kier molecular flexibility index (Phi) is 4.48. The Morgan fingerprint density at radius 2 is 0.930 bits per heavy atom. The van der Waals surface area contributed by atoms with Gasteiger partial charge in [-0.25, -0.2) is 4.98 Å². The third-order valence-electron chi connectivity index (χ3n) is 9.28. The van der Waals surface area contributed by atoms with E-state index in [-0.39, 0.29) is 0 Å². The number of nitrogens with zero attached hydrogens (tertiary/aromatic N) is 2. The van der Waals surface area contributed by atoms with Gasteiger partial charge in [-0.2, -0.15) is 0 Å². The van der Waals surface area contributed by atoms with Crippen molar-refractivity contribution in [1.82, 2.24) is 9.55 Å². The van der Waals surface area contributed by atoms with Crippen LogP contribution >= 0.6 is 0 Å². The average molecular weight is 545 g/mol. The minimum Gasteiger partial charge on any atom is -0.292 e. The van der Waals surface area contributed by atoms with Crippen LogP contribution in [0, 0.1) is 0 Å². The molecule has 0 spiro atoms. The van der Waals surface area contributed by atoms with Gasteiger partial charge in [0.1, 0.15) is 5.82 Å². The molecule has 0 N–H and O–H groups in total. The van der Waals surface area contributed by atoms with Crippen molar-refractivity contribution >= 4 is 75.7 Å². The second-order valence-corrected chi connectivity index (χ2v) is 11.5. The lowest BCUT2D eigenvalue weighted by atomic mass is 9.86. The van der Waals surface area contributed by atoms with Crippen molar-refractivity contribution in [3.05, 3.63) is 146 Å². The van der Waals surface area contributed by atoms with Gasteiger partial charge in [0, 0.05) is 11.3 Å². The lowest BCUT2D eigenvalue weighted by Crippen LogP contribution is -1.98. The number of aromatic nitrogens is 2. The number of hydrogen-bond acceptors (Lipinski definition) is 1. The maximum absolute atomic E-state index is 5.30. The monoisotopic (exact) mass is 544 g/mol. The van der Waals surface area contributed by atoms with Gasteiger partial charge in [0.2, 0.25) is 0 Å². The molecular formula is C41H24N2. The fourth-order valence-electron chi connectivity index (χ4n) is 7.53. The number of para-hydroxylation sites is 3. The van der Waals surface area contributed by atoms with Gasteiger partial charge in [0.05, 0.1) is 11.0 Å². The van der Waals surface area contributed by atoms with Gasteiger partial charge in [0.25, 0.3) is 0 Å². The molecule has 0 aliphatic heterocycles. The van der Waals surface area contributed by atoms with E-state index in [1.807, 2.05) is 0 Å². The summed E-state index contributed by atoms with van der Waals surface area (Å²) in [4.78, 5) is 5.30. The van der Waals surface area contributed by atoms with Gasteiger partial charge in [-0.3, -0.25) is 4.57 Å². The van der Waals surface area contributed by atoms with E-state index >= 15 is 0 Å². The Balaban J connectivity index is 1.49. The zero-order chi connectivity index (χ0) is 28.1. The fourth-order valence-corrected chi connectivity index (χ4v) is 7.53. The quantitative estimate of drug-likeness (QED) is 0.198. The first-order valence-corrected chi connectivity index (χ1v) is 14.8. The van der Waals surface area contributed by atoms with Crippen LogP contribution < -0.4 is 0 Å². The Morgan fingerprint density at radius 1 is 0.395 bits per heavy atom. The van der Waals surface area contributed by atoms with E-state index in [1.54, 1.807) is 0 Å². The summed E-state index contributed by atoms with van der Waals surface area (Å²) >= 11 is 0. The summed E-state index contributed by atoms with van der Waals surface area (Å²) in [6.07, 6.45) is 0. The van der Waals surface area contributed by atoms with E-state index in [4.69, 9.17) is 4.98 Å². The van der Waals surface area contributed by atoms with Crippen LogP contribution in [-0.4, -0.2) is 9.55 Å². The summed E-state index contributed by atoms with van der Waals surface area (Å²) in [6, 6.07) is 53.1. The minimum absolute atomic E-state index is 0.958. The zero-order valence-corrected chi connectivity index (χ0v) is 23.3. The van der Waals surface area contributed by atoms with Crippen LogP contribution in [0.1, 0.15) is 0 Å². The van der Waals surface area contributed by atoms with Crippen LogP contribution in [0.25, 0.3) is 92.7 Å². The van der Waals surface area contributed by atoms with E-state index in [1.165, 1.54) is 64.6 Å². The van der Waals surface area contributed by atoms with Crippen molar-refractivity contribution in [2.45, 2.75) is 0 Å². The van der Waals surface area contributed by atoms with Crippen LogP contribution in [0.15, 0.2) is 146 Å². The number of benzene rings is 8. The van der Waals surface area contributed by atoms with Crippen molar-refractivity contribution in [3.8, 4) is 17.1 Å². The summed E-state index contributed by atoms with van der Waals surface area (Å²) in [6.45, 7) is 0. The lowest BCUT2D eigenvalue weighted by Gasteiger charge is -2.18. The van der Waals surface area contributed by atoms with E-state index in [2.05, 4.69) is 150 Å². The molecule has 1 aromatic heterocycles. The Labute approximate surface area is 247 Å². The Morgan fingerprint density at radius 3 is 1.63 bits per heavy atom. The van der Waals surface area contributed by atoms with Crippen molar-refractivity contribution < 1.29 is 0 Å². The maximum atomic E-state index is 5.30. The highest BCUT2D eigenvalue weighted by Crippen LogP contribution is 2.45. The highest BCUT2D eigenvalue weighted by atomic mass is 15.1. The molecule has 0 radical (unpaired) electrons. The van der Waals surface area contributed by atoms with Gasteiger partial charge in [-0.15, -0.1) is 0 Å². The molecule has 0 fully saturated rings. The molecule has 10 aromatic rings. The maximum Gasteiger partial charge on any atom is 0.146 e. The molecule has 1 heterocycles. The van der Waals surface area contributed by atoms with Gasteiger partial charge in [0.15, 0.2) is 0 Å². The molecule has 2 heteroatoms. The molecule has 198 valence electrons. The molecule has 43 heavy (non-hydrogen) atoms. The normalized spacial score (nSPS) is 12.2. The predicted molar refractivity (Wildman–Crippen MR) is 183 cm³/mol. The molecule has 10 rings (SSSR count). The number of imidazole rings is 1. The molecule has 0 unspecified atom stereocenters. The fraction of sp³-hybridized carbons (Fsp3) is 0. The van der Waals surface area contributed by atoms with Crippen LogP contribution in [0.4, 0.5) is 0 Å². The van der Waals surface area contributed by atoms with Crippen LogP contribution in [0.2, 0.25) is 0 Å². The van der Waals surface area contributed by atoms with Crippen molar-refractivity contribution in [2.24, 2.45) is 0 Å². The lowest BCUT2D eigenvalue weighted by molar-refractivity contribution is 1.11. The standard InChI is InChI=1S/C41H24N2/c1-2-13-28(14-3-1)43-36-21-5-4-20-35(36)42-41(43)34-24-27-12-8-17-30-29-15-6-10-25-22-23-26-11-7-16-31(38(26)37(25)29)32-18-9-19-33(34)40(32)39(27)30/h1-24H.